The van der Waals surface area contributed by atoms with Gasteiger partial charge in [0.05, 0.1) is 18.9 Å². The van der Waals surface area contributed by atoms with Crippen molar-refractivity contribution in [1.82, 2.24) is 19.7 Å². The van der Waals surface area contributed by atoms with Crippen LogP contribution >= 0.6 is 11.8 Å². The first kappa shape index (κ1) is 21.4. The third-order valence-corrected chi connectivity index (χ3v) is 6.15. The van der Waals surface area contributed by atoms with Crippen molar-refractivity contribution in [2.45, 2.75) is 17.8 Å². The molecule has 162 valence electrons. The number of hydrogen-bond acceptors (Lipinski definition) is 6. The predicted octanol–water partition coefficient (Wildman–Crippen LogP) is 3.41. The highest BCUT2D eigenvalue weighted by Gasteiger charge is 2.22. The standard InChI is InChI=1S/C23H27N5O2S/c1-17-5-4-6-20(15-17)28-22(27-11-13-30-14-12-27)24-25-23(28)31-16-18-7-9-19(10-8-18)21(29)26(2)3/h4-10,15H,11-14,16H2,1-3H3. The average molecular weight is 438 g/mol. The number of amides is 1. The number of rotatable bonds is 6. The zero-order valence-electron chi connectivity index (χ0n) is 18.1. The van der Waals surface area contributed by atoms with E-state index in [0.717, 1.165) is 41.2 Å². The summed E-state index contributed by atoms with van der Waals surface area (Å²) in [6, 6.07) is 16.1. The minimum atomic E-state index is 0.00791. The van der Waals surface area contributed by atoms with Crippen LogP contribution in [0.2, 0.25) is 0 Å². The number of benzene rings is 2. The molecule has 7 nitrogen and oxygen atoms in total. The average Bonchev–Trinajstić information content (AvgIpc) is 3.22. The molecule has 8 heteroatoms. The van der Waals surface area contributed by atoms with Gasteiger partial charge in [0.25, 0.3) is 5.91 Å². The molecule has 1 aliphatic heterocycles. The van der Waals surface area contributed by atoms with Crippen molar-refractivity contribution in [3.05, 3.63) is 65.2 Å². The van der Waals surface area contributed by atoms with Gasteiger partial charge in [-0.25, -0.2) is 0 Å². The number of ether oxygens (including phenoxy) is 1. The van der Waals surface area contributed by atoms with E-state index in [1.807, 2.05) is 24.3 Å². The molecule has 4 rings (SSSR count). The Kier molecular flexibility index (Phi) is 6.58. The minimum Gasteiger partial charge on any atom is -0.378 e. The molecule has 0 N–H and O–H groups in total. The molecule has 1 fully saturated rings. The molecular weight excluding hydrogens is 410 g/mol. The lowest BCUT2D eigenvalue weighted by Gasteiger charge is -2.28. The van der Waals surface area contributed by atoms with Crippen LogP contribution in [0, 0.1) is 6.92 Å². The first-order chi connectivity index (χ1) is 15.0. The van der Waals surface area contributed by atoms with Crippen LogP contribution in [0.15, 0.2) is 53.7 Å². The Morgan fingerprint density at radius 2 is 1.84 bits per heavy atom. The molecule has 1 aromatic heterocycles. The van der Waals surface area contributed by atoms with E-state index in [0.29, 0.717) is 18.8 Å². The van der Waals surface area contributed by atoms with Gasteiger partial charge in [-0.2, -0.15) is 0 Å². The van der Waals surface area contributed by atoms with E-state index in [2.05, 4.69) is 50.9 Å². The van der Waals surface area contributed by atoms with Crippen LogP contribution in [0.3, 0.4) is 0 Å². The fraction of sp³-hybridized carbons (Fsp3) is 0.348. The van der Waals surface area contributed by atoms with Gasteiger partial charge in [0, 0.05) is 38.5 Å². The molecule has 0 saturated carbocycles. The maximum atomic E-state index is 12.1. The van der Waals surface area contributed by atoms with E-state index in [1.165, 1.54) is 5.56 Å². The molecule has 0 aliphatic carbocycles. The van der Waals surface area contributed by atoms with Gasteiger partial charge >= 0.3 is 0 Å². The molecule has 1 aliphatic rings. The largest absolute Gasteiger partial charge is 0.378 e. The number of anilines is 1. The summed E-state index contributed by atoms with van der Waals surface area (Å²) in [4.78, 5) is 15.9. The van der Waals surface area contributed by atoms with Gasteiger partial charge in [-0.05, 0) is 42.3 Å². The van der Waals surface area contributed by atoms with Crippen LogP contribution in [-0.2, 0) is 10.5 Å². The Bertz CT molecular complexity index is 1040. The quantitative estimate of drug-likeness (QED) is 0.551. The summed E-state index contributed by atoms with van der Waals surface area (Å²) in [6.45, 7) is 5.08. The van der Waals surface area contributed by atoms with Crippen LogP contribution in [0.25, 0.3) is 5.69 Å². The Balaban J connectivity index is 1.58. The normalized spacial score (nSPS) is 14.0. The fourth-order valence-corrected chi connectivity index (χ4v) is 4.37. The lowest BCUT2D eigenvalue weighted by molar-refractivity contribution is 0.0827. The third-order valence-electron chi connectivity index (χ3n) is 5.15. The van der Waals surface area contributed by atoms with Crippen molar-refractivity contribution < 1.29 is 9.53 Å². The molecule has 1 saturated heterocycles. The van der Waals surface area contributed by atoms with E-state index in [4.69, 9.17) is 4.74 Å². The highest BCUT2D eigenvalue weighted by Crippen LogP contribution is 2.29. The summed E-state index contributed by atoms with van der Waals surface area (Å²) in [5, 5.41) is 9.89. The Morgan fingerprint density at radius 3 is 2.52 bits per heavy atom. The lowest BCUT2D eigenvalue weighted by Crippen LogP contribution is -2.37. The van der Waals surface area contributed by atoms with E-state index < -0.39 is 0 Å². The molecule has 0 atom stereocenters. The van der Waals surface area contributed by atoms with E-state index >= 15 is 0 Å². The molecule has 2 aromatic carbocycles. The first-order valence-electron chi connectivity index (χ1n) is 10.3. The highest BCUT2D eigenvalue weighted by atomic mass is 32.2. The van der Waals surface area contributed by atoms with Crippen molar-refractivity contribution in [3.63, 3.8) is 0 Å². The third kappa shape index (κ3) is 4.91. The van der Waals surface area contributed by atoms with Crippen molar-refractivity contribution >= 4 is 23.6 Å². The van der Waals surface area contributed by atoms with Gasteiger partial charge in [0.15, 0.2) is 5.16 Å². The van der Waals surface area contributed by atoms with Gasteiger partial charge < -0.3 is 14.5 Å². The summed E-state index contributed by atoms with van der Waals surface area (Å²) in [5.74, 6) is 1.60. The molecule has 0 spiro atoms. The van der Waals surface area contributed by atoms with Crippen LogP contribution in [0.5, 0.6) is 0 Å². The van der Waals surface area contributed by atoms with Crippen LogP contribution in [-0.4, -0.2) is 66.0 Å². The molecule has 31 heavy (non-hydrogen) atoms. The van der Waals surface area contributed by atoms with Gasteiger partial charge in [0.1, 0.15) is 0 Å². The minimum absolute atomic E-state index is 0.00791. The number of nitrogens with zero attached hydrogens (tertiary/aromatic N) is 5. The monoisotopic (exact) mass is 437 g/mol. The predicted molar refractivity (Wildman–Crippen MR) is 123 cm³/mol. The zero-order chi connectivity index (χ0) is 21.8. The SMILES string of the molecule is Cc1cccc(-n2c(SCc3ccc(C(=O)N(C)C)cc3)nnc2N2CCOCC2)c1. The second-order valence-corrected chi connectivity index (χ2v) is 8.68. The van der Waals surface area contributed by atoms with E-state index in [9.17, 15) is 4.79 Å². The lowest BCUT2D eigenvalue weighted by atomic mass is 10.1. The number of morpholine rings is 1. The number of hydrogen-bond donors (Lipinski definition) is 0. The molecule has 1 amide bonds. The van der Waals surface area contributed by atoms with E-state index in [-0.39, 0.29) is 5.91 Å². The molecule has 2 heterocycles. The first-order valence-corrected chi connectivity index (χ1v) is 11.3. The van der Waals surface area contributed by atoms with Crippen LogP contribution in [0.4, 0.5) is 5.95 Å². The molecule has 0 bridgehead atoms. The van der Waals surface area contributed by atoms with Gasteiger partial charge in [-0.15, -0.1) is 10.2 Å². The Hall–Kier alpha value is -2.84. The maximum Gasteiger partial charge on any atom is 0.253 e. The summed E-state index contributed by atoms with van der Waals surface area (Å²) >= 11 is 1.64. The van der Waals surface area contributed by atoms with Crippen molar-refractivity contribution in [2.24, 2.45) is 0 Å². The number of aromatic nitrogens is 3. The smallest absolute Gasteiger partial charge is 0.253 e. The number of carbonyl (C=O) groups is 1. The highest BCUT2D eigenvalue weighted by molar-refractivity contribution is 7.98. The summed E-state index contributed by atoms with van der Waals surface area (Å²) in [6.07, 6.45) is 0. The molecular formula is C23H27N5O2S. The van der Waals surface area contributed by atoms with Crippen molar-refractivity contribution in [2.75, 3.05) is 45.3 Å². The molecule has 0 unspecified atom stereocenters. The Morgan fingerprint density at radius 1 is 1.10 bits per heavy atom. The van der Waals surface area contributed by atoms with Crippen molar-refractivity contribution in [1.29, 1.82) is 0 Å². The summed E-state index contributed by atoms with van der Waals surface area (Å²) in [7, 11) is 3.52. The number of aryl methyl sites for hydroxylation is 1. The Labute approximate surface area is 187 Å². The van der Waals surface area contributed by atoms with Crippen molar-refractivity contribution in [3.8, 4) is 5.69 Å². The zero-order valence-corrected chi connectivity index (χ0v) is 18.9. The topological polar surface area (TPSA) is 63.5 Å². The summed E-state index contributed by atoms with van der Waals surface area (Å²) < 4.78 is 7.64. The van der Waals surface area contributed by atoms with E-state index in [1.54, 1.807) is 30.8 Å². The second-order valence-electron chi connectivity index (χ2n) is 7.74. The second kappa shape index (κ2) is 9.53. The summed E-state index contributed by atoms with van der Waals surface area (Å²) in [5.41, 5.74) is 4.07. The fourth-order valence-electron chi connectivity index (χ4n) is 3.47. The van der Waals surface area contributed by atoms with Crippen LogP contribution in [0.1, 0.15) is 21.5 Å². The van der Waals surface area contributed by atoms with Crippen LogP contribution < -0.4 is 4.90 Å². The maximum absolute atomic E-state index is 12.1. The van der Waals surface area contributed by atoms with Gasteiger partial charge in [-0.3, -0.25) is 9.36 Å². The number of carbonyl (C=O) groups excluding carboxylic acids is 1. The van der Waals surface area contributed by atoms with Gasteiger partial charge in [0.2, 0.25) is 5.95 Å². The molecule has 0 radical (unpaired) electrons. The number of thioether (sulfide) groups is 1. The van der Waals surface area contributed by atoms with Gasteiger partial charge in [-0.1, -0.05) is 36.0 Å². The molecule has 3 aromatic rings.